The molecule has 10 nitrogen and oxygen atoms in total. The van der Waals surface area contributed by atoms with Gasteiger partial charge in [0.15, 0.2) is 0 Å². The second-order valence-electron chi connectivity index (χ2n) is 12.2. The van der Waals surface area contributed by atoms with Gasteiger partial charge in [0, 0.05) is 116 Å². The third-order valence-corrected chi connectivity index (χ3v) is 9.15. The Hall–Kier alpha value is -7.33. The fourth-order valence-corrected chi connectivity index (χ4v) is 6.90. The van der Waals surface area contributed by atoms with E-state index in [1.807, 2.05) is 66.7 Å². The summed E-state index contributed by atoms with van der Waals surface area (Å²) in [5, 5.41) is 15.4. The summed E-state index contributed by atoms with van der Waals surface area (Å²) in [6.07, 6.45) is 10.7. The van der Waals surface area contributed by atoms with Crippen molar-refractivity contribution < 1.29 is 4.92 Å². The van der Waals surface area contributed by atoms with Crippen molar-refractivity contribution in [1.82, 2.24) is 34.9 Å². The average molecular weight is 665 g/mol. The number of fused-ring (bicyclic) bond motifs is 8. The number of aromatic nitrogens is 7. The Labute approximate surface area is 290 Å². The summed E-state index contributed by atoms with van der Waals surface area (Å²) < 4.78 is 0. The normalized spacial score (nSPS) is 12.7. The van der Waals surface area contributed by atoms with Crippen LogP contribution in [0.4, 0.5) is 5.69 Å². The summed E-state index contributed by atoms with van der Waals surface area (Å²) in [6.45, 7) is 0. The van der Waals surface area contributed by atoms with E-state index in [-0.39, 0.29) is 10.6 Å². The van der Waals surface area contributed by atoms with Crippen LogP contribution in [0, 0.1) is 10.1 Å². The predicted molar refractivity (Wildman–Crippen MR) is 194 cm³/mol. The number of H-pyrrole nitrogens is 4. The van der Waals surface area contributed by atoms with Crippen LogP contribution in [0.2, 0.25) is 0 Å². The molecule has 51 heavy (non-hydrogen) atoms. The zero-order valence-corrected chi connectivity index (χ0v) is 27.0. The third kappa shape index (κ3) is 5.37. The van der Waals surface area contributed by atoms with Gasteiger partial charge in [-0.15, -0.1) is 0 Å². The number of non-ortho nitro benzene ring substituents is 1. The van der Waals surface area contributed by atoms with E-state index in [4.69, 9.17) is 0 Å². The average Bonchev–Trinajstić information content (AvgIpc) is 4.01. The molecule has 0 saturated heterocycles. The molecule has 4 N–H and O–H groups in total. The van der Waals surface area contributed by atoms with Gasteiger partial charge in [-0.05, 0) is 107 Å². The monoisotopic (exact) mass is 664 g/mol. The minimum Gasteiger partial charge on any atom is -0.354 e. The Balaban J connectivity index is 1.44. The molecule has 0 spiro atoms. The number of aromatic amines is 4. The minimum absolute atomic E-state index is 0.0119. The highest BCUT2D eigenvalue weighted by Crippen LogP contribution is 2.28. The van der Waals surface area contributed by atoms with Gasteiger partial charge in [0.1, 0.15) is 0 Å². The summed E-state index contributed by atoms with van der Waals surface area (Å²) in [5.41, 5.74) is 10.8. The van der Waals surface area contributed by atoms with Crippen molar-refractivity contribution in [2.75, 3.05) is 0 Å². The van der Waals surface area contributed by atoms with Crippen LogP contribution in [0.3, 0.4) is 0 Å². The highest BCUT2D eigenvalue weighted by atomic mass is 16.6. The quantitative estimate of drug-likeness (QED) is 0.159. The largest absolute Gasteiger partial charge is 0.354 e. The van der Waals surface area contributed by atoms with Gasteiger partial charge < -0.3 is 19.9 Å². The summed E-state index contributed by atoms with van der Waals surface area (Å²) >= 11 is 0. The van der Waals surface area contributed by atoms with Crippen molar-refractivity contribution in [2.24, 2.45) is 0 Å². The number of nitro benzene ring substituents is 1. The maximum atomic E-state index is 11.9. The van der Waals surface area contributed by atoms with E-state index in [9.17, 15) is 10.1 Å². The summed E-state index contributed by atoms with van der Waals surface area (Å²) in [7, 11) is 0. The van der Waals surface area contributed by atoms with Gasteiger partial charge in [-0.25, -0.2) is 0 Å². The Bertz CT molecular complexity index is 2830. The lowest BCUT2D eigenvalue weighted by molar-refractivity contribution is -0.384. The standard InChI is InChI=1S/C41H28N8O2/c50-49(51)29-3-1-2-28(24-29)41-36-10-8-34(47-36)39(26-14-20-43-21-15-26)32-6-4-30(45-32)38(25-12-18-42-19-13-25)31-5-7-33(46-31)40(27-16-22-44-23-17-27)35-9-11-37(41)48-35/h1-24,45-48H. The highest BCUT2D eigenvalue weighted by molar-refractivity contribution is 5.84. The molecule has 0 atom stereocenters. The number of nitro groups is 1. The van der Waals surface area contributed by atoms with Gasteiger partial charge >= 0.3 is 0 Å². The molecule has 1 aliphatic heterocycles. The highest BCUT2D eigenvalue weighted by Gasteiger charge is 2.19. The van der Waals surface area contributed by atoms with Crippen molar-refractivity contribution in [3.05, 3.63) is 223 Å². The third-order valence-electron chi connectivity index (χ3n) is 9.15. The molecule has 9 rings (SSSR count). The van der Waals surface area contributed by atoms with Crippen LogP contribution in [-0.2, 0) is 0 Å². The van der Waals surface area contributed by atoms with Crippen LogP contribution in [0.15, 0.2) is 146 Å². The van der Waals surface area contributed by atoms with Crippen LogP contribution in [0.25, 0.3) is 22.3 Å². The van der Waals surface area contributed by atoms with Gasteiger partial charge in [0.25, 0.3) is 5.69 Å². The van der Waals surface area contributed by atoms with Gasteiger partial charge in [0.05, 0.1) is 4.92 Å². The van der Waals surface area contributed by atoms with Gasteiger partial charge in [-0.1, -0.05) is 12.1 Å². The van der Waals surface area contributed by atoms with E-state index < -0.39 is 0 Å². The van der Waals surface area contributed by atoms with E-state index in [2.05, 4.69) is 59.2 Å². The van der Waals surface area contributed by atoms with Crippen molar-refractivity contribution in [1.29, 1.82) is 0 Å². The molecule has 8 heterocycles. The van der Waals surface area contributed by atoms with E-state index in [0.29, 0.717) is 5.56 Å². The minimum atomic E-state index is -0.368. The molecule has 1 aliphatic rings. The predicted octanol–water partition coefficient (Wildman–Crippen LogP) is 4.39. The first-order chi connectivity index (χ1) is 25.1. The van der Waals surface area contributed by atoms with Gasteiger partial charge in [-0.2, -0.15) is 0 Å². The fourth-order valence-electron chi connectivity index (χ4n) is 6.90. The first-order valence-electron chi connectivity index (χ1n) is 16.3. The van der Waals surface area contributed by atoms with Crippen LogP contribution >= 0.6 is 0 Å². The number of nitrogens with zero attached hydrogens (tertiary/aromatic N) is 4. The molecule has 10 heteroatoms. The van der Waals surface area contributed by atoms with Crippen molar-refractivity contribution in [3.8, 4) is 0 Å². The molecule has 0 saturated carbocycles. The Morgan fingerprint density at radius 2 is 0.765 bits per heavy atom. The molecule has 0 amide bonds. The van der Waals surface area contributed by atoms with Crippen LogP contribution in [0.5, 0.6) is 0 Å². The second-order valence-corrected chi connectivity index (χ2v) is 12.2. The number of hydrogen-bond donors (Lipinski definition) is 4. The molecule has 0 fully saturated rings. The maximum Gasteiger partial charge on any atom is 0.270 e. The molecule has 8 aromatic rings. The van der Waals surface area contributed by atoms with Crippen molar-refractivity contribution in [2.45, 2.75) is 0 Å². The molecule has 0 aliphatic carbocycles. The summed E-state index contributed by atoms with van der Waals surface area (Å²) in [4.78, 5) is 39.2. The van der Waals surface area contributed by atoms with E-state index >= 15 is 0 Å². The Morgan fingerprint density at radius 1 is 0.412 bits per heavy atom. The topological polar surface area (TPSA) is 145 Å². The molecule has 0 unspecified atom stereocenters. The summed E-state index contributed by atoms with van der Waals surface area (Å²) in [6, 6.07) is 35.2. The lowest BCUT2D eigenvalue weighted by Gasteiger charge is -2.09. The van der Waals surface area contributed by atoms with Crippen LogP contribution in [-0.4, -0.2) is 39.8 Å². The number of hydrogen-bond acceptors (Lipinski definition) is 5. The molecule has 7 aromatic heterocycles. The van der Waals surface area contributed by atoms with E-state index in [1.165, 1.54) is 6.07 Å². The van der Waals surface area contributed by atoms with Crippen molar-refractivity contribution in [3.63, 3.8) is 0 Å². The van der Waals surface area contributed by atoms with Gasteiger partial charge in [-0.3, -0.25) is 25.1 Å². The smallest absolute Gasteiger partial charge is 0.270 e. The zero-order valence-electron chi connectivity index (χ0n) is 27.0. The SMILES string of the molecule is O=[N+]([O-])c1cccc(C2=c3ccc([nH]3)=C(c3ccncc3)c3ccc([nH]3)C(c3ccncc3)=c3ccc([nH]3)=C(c3ccncc3)c3ccc2[nH]3)c1. The number of rotatable bonds is 5. The van der Waals surface area contributed by atoms with E-state index in [1.54, 1.807) is 49.3 Å². The number of pyridine rings is 3. The lowest BCUT2D eigenvalue weighted by atomic mass is 10.0. The number of benzene rings is 1. The Morgan fingerprint density at radius 3 is 1.12 bits per heavy atom. The maximum absolute atomic E-state index is 11.9. The molecule has 0 radical (unpaired) electrons. The lowest BCUT2D eigenvalue weighted by Crippen LogP contribution is -2.19. The molecule has 244 valence electrons. The number of nitrogens with one attached hydrogen (secondary N) is 4. The second kappa shape index (κ2) is 12.3. The first-order valence-corrected chi connectivity index (χ1v) is 16.3. The molecular formula is C41H28N8O2. The molecular weight excluding hydrogens is 637 g/mol. The fraction of sp³-hybridized carbons (Fsp3) is 0. The van der Waals surface area contributed by atoms with Gasteiger partial charge in [0.2, 0.25) is 0 Å². The molecule has 1 aromatic carbocycles. The van der Waals surface area contributed by atoms with Crippen LogP contribution in [0.1, 0.15) is 45.0 Å². The van der Waals surface area contributed by atoms with Crippen LogP contribution < -0.4 is 21.4 Å². The first kappa shape index (κ1) is 29.8. The Kier molecular flexibility index (Phi) is 7.17. The zero-order chi connectivity index (χ0) is 34.3. The van der Waals surface area contributed by atoms with Crippen molar-refractivity contribution >= 4 is 28.0 Å². The van der Waals surface area contributed by atoms with E-state index in [0.717, 1.165) is 83.2 Å². The molecule has 8 bridgehead atoms. The summed E-state index contributed by atoms with van der Waals surface area (Å²) in [5.74, 6) is 0.